The van der Waals surface area contributed by atoms with Gasteiger partial charge in [0.1, 0.15) is 5.82 Å². The van der Waals surface area contributed by atoms with Crippen LogP contribution in [0.4, 0.5) is 15.9 Å². The van der Waals surface area contributed by atoms with E-state index in [1.54, 1.807) is 43.3 Å². The van der Waals surface area contributed by atoms with E-state index in [-0.39, 0.29) is 29.5 Å². The summed E-state index contributed by atoms with van der Waals surface area (Å²) < 4.78 is 13.1. The summed E-state index contributed by atoms with van der Waals surface area (Å²) in [6, 6.07) is 16.5. The summed E-state index contributed by atoms with van der Waals surface area (Å²) >= 11 is 0. The highest BCUT2D eigenvalue weighted by molar-refractivity contribution is 5.95. The van der Waals surface area contributed by atoms with Crippen LogP contribution in [-0.2, 0) is 9.59 Å². The van der Waals surface area contributed by atoms with Gasteiger partial charge >= 0.3 is 0 Å². The van der Waals surface area contributed by atoms with Crippen molar-refractivity contribution in [3.63, 3.8) is 0 Å². The molecule has 2 heterocycles. The Balaban J connectivity index is 1.16. The van der Waals surface area contributed by atoms with Crippen LogP contribution in [-0.4, -0.2) is 54.1 Å². The van der Waals surface area contributed by atoms with Crippen molar-refractivity contribution in [2.45, 2.75) is 26.2 Å². The fourth-order valence-electron chi connectivity index (χ4n) is 4.20. The zero-order valence-electron chi connectivity index (χ0n) is 21.2. The molecule has 9 nitrogen and oxygen atoms in total. The van der Waals surface area contributed by atoms with E-state index in [4.69, 9.17) is 0 Å². The van der Waals surface area contributed by atoms with Gasteiger partial charge in [-0.3, -0.25) is 14.4 Å². The maximum absolute atomic E-state index is 13.1. The molecule has 0 unspecified atom stereocenters. The zero-order chi connectivity index (χ0) is 26.9. The number of hydrogen-bond donors (Lipinski definition) is 3. The predicted octanol–water partition coefficient (Wildman–Crippen LogP) is 3.39. The smallest absolute Gasteiger partial charge is 0.251 e. The molecule has 1 aromatic heterocycles. The third-order valence-electron chi connectivity index (χ3n) is 6.44. The molecule has 3 N–H and O–H groups in total. The molecule has 1 fully saturated rings. The molecule has 1 aliphatic heterocycles. The lowest BCUT2D eigenvalue weighted by molar-refractivity contribution is -0.125. The van der Waals surface area contributed by atoms with Crippen LogP contribution < -0.4 is 20.9 Å². The van der Waals surface area contributed by atoms with E-state index < -0.39 is 0 Å². The Morgan fingerprint density at radius 1 is 0.895 bits per heavy atom. The van der Waals surface area contributed by atoms with Crippen LogP contribution in [0, 0.1) is 11.7 Å². The summed E-state index contributed by atoms with van der Waals surface area (Å²) in [5, 5.41) is 17.0. The lowest BCUT2D eigenvalue weighted by atomic mass is 9.96. The number of halogens is 1. The molecule has 10 heteroatoms. The van der Waals surface area contributed by atoms with Crippen LogP contribution in [0.1, 0.15) is 36.5 Å². The first-order valence-electron chi connectivity index (χ1n) is 12.7. The van der Waals surface area contributed by atoms with E-state index in [0.29, 0.717) is 62.4 Å². The van der Waals surface area contributed by atoms with Crippen molar-refractivity contribution < 1.29 is 18.8 Å². The number of aromatic nitrogens is 2. The molecule has 1 aliphatic rings. The molecular formula is C28H31FN6O3. The van der Waals surface area contributed by atoms with Crippen LogP contribution in [0.15, 0.2) is 60.7 Å². The van der Waals surface area contributed by atoms with Crippen molar-refractivity contribution >= 4 is 29.2 Å². The molecule has 3 amide bonds. The predicted molar refractivity (Wildman–Crippen MR) is 143 cm³/mol. The van der Waals surface area contributed by atoms with E-state index in [9.17, 15) is 18.8 Å². The third-order valence-corrected chi connectivity index (χ3v) is 6.44. The molecule has 0 spiro atoms. The summed E-state index contributed by atoms with van der Waals surface area (Å²) in [4.78, 5) is 38.5. The van der Waals surface area contributed by atoms with E-state index >= 15 is 0 Å². The molecule has 0 radical (unpaired) electrons. The summed E-state index contributed by atoms with van der Waals surface area (Å²) in [5.41, 5.74) is 2.59. The van der Waals surface area contributed by atoms with E-state index in [2.05, 4.69) is 31.0 Å². The number of benzene rings is 2. The standard InChI is InChI=1S/C28H31FN6O3/c1-2-26(36)32-23-9-5-20(6-10-23)27(37)30-15-16-31-28(38)21-13-17-35(18-14-21)25-12-11-24(33-34-25)19-3-7-22(29)8-4-19/h3-12,21H,2,13-18H2,1H3,(H,30,37)(H,31,38)(H,32,36). The highest BCUT2D eigenvalue weighted by Crippen LogP contribution is 2.23. The second kappa shape index (κ2) is 12.8. The number of carbonyl (C=O) groups is 3. The minimum absolute atomic E-state index is 0.0207. The zero-order valence-corrected chi connectivity index (χ0v) is 21.2. The second-order valence-corrected chi connectivity index (χ2v) is 9.07. The van der Waals surface area contributed by atoms with Gasteiger partial charge in [-0.15, -0.1) is 10.2 Å². The van der Waals surface area contributed by atoms with Crippen molar-refractivity contribution in [1.82, 2.24) is 20.8 Å². The maximum atomic E-state index is 13.1. The van der Waals surface area contributed by atoms with Gasteiger partial charge in [-0.05, 0) is 73.5 Å². The lowest BCUT2D eigenvalue weighted by Crippen LogP contribution is -2.42. The highest BCUT2D eigenvalue weighted by Gasteiger charge is 2.25. The number of hydrogen-bond acceptors (Lipinski definition) is 6. The molecule has 4 rings (SSSR count). The van der Waals surface area contributed by atoms with Gasteiger partial charge in [0.2, 0.25) is 11.8 Å². The van der Waals surface area contributed by atoms with Gasteiger partial charge in [-0.25, -0.2) is 4.39 Å². The van der Waals surface area contributed by atoms with Gasteiger partial charge in [0.15, 0.2) is 5.82 Å². The van der Waals surface area contributed by atoms with Crippen LogP contribution >= 0.6 is 0 Å². The SMILES string of the molecule is CCC(=O)Nc1ccc(C(=O)NCCNC(=O)C2CCN(c3ccc(-c4ccc(F)cc4)nn3)CC2)cc1. The first-order valence-corrected chi connectivity index (χ1v) is 12.7. The summed E-state index contributed by atoms with van der Waals surface area (Å²) in [5.74, 6) is 0.00356. The van der Waals surface area contributed by atoms with Crippen molar-refractivity contribution in [2.24, 2.45) is 5.92 Å². The number of nitrogens with one attached hydrogen (secondary N) is 3. The lowest BCUT2D eigenvalue weighted by Gasteiger charge is -2.31. The minimum atomic E-state index is -0.295. The van der Waals surface area contributed by atoms with Gasteiger partial charge < -0.3 is 20.9 Å². The second-order valence-electron chi connectivity index (χ2n) is 9.07. The first-order chi connectivity index (χ1) is 18.4. The van der Waals surface area contributed by atoms with Gasteiger partial charge in [-0.1, -0.05) is 6.92 Å². The highest BCUT2D eigenvalue weighted by atomic mass is 19.1. The largest absolute Gasteiger partial charge is 0.355 e. The summed E-state index contributed by atoms with van der Waals surface area (Å²) in [6.45, 7) is 3.80. The normalized spacial score (nSPS) is 13.6. The van der Waals surface area contributed by atoms with E-state index in [1.807, 2.05) is 12.1 Å². The number of rotatable bonds is 9. The Bertz CT molecular complexity index is 1240. The Hall–Kier alpha value is -4.34. The molecule has 2 aromatic carbocycles. The van der Waals surface area contributed by atoms with E-state index in [0.717, 1.165) is 11.4 Å². The van der Waals surface area contributed by atoms with Crippen LogP contribution in [0.5, 0.6) is 0 Å². The van der Waals surface area contributed by atoms with Crippen molar-refractivity contribution in [3.8, 4) is 11.3 Å². The fraction of sp³-hybridized carbons (Fsp3) is 0.321. The van der Waals surface area contributed by atoms with Crippen molar-refractivity contribution in [1.29, 1.82) is 0 Å². The number of amides is 3. The Morgan fingerprint density at radius 3 is 2.21 bits per heavy atom. The molecule has 0 saturated carbocycles. The Morgan fingerprint density at radius 2 is 1.58 bits per heavy atom. The molecule has 0 atom stereocenters. The third kappa shape index (κ3) is 7.12. The van der Waals surface area contributed by atoms with Gasteiger partial charge in [0.05, 0.1) is 5.69 Å². The summed E-state index contributed by atoms with van der Waals surface area (Å²) in [6.07, 6.45) is 1.77. The monoisotopic (exact) mass is 518 g/mol. The first kappa shape index (κ1) is 26.7. The summed E-state index contributed by atoms with van der Waals surface area (Å²) in [7, 11) is 0. The molecular weight excluding hydrogens is 487 g/mol. The average Bonchev–Trinajstić information content (AvgIpc) is 2.96. The molecule has 38 heavy (non-hydrogen) atoms. The topological polar surface area (TPSA) is 116 Å². The average molecular weight is 519 g/mol. The quantitative estimate of drug-likeness (QED) is 0.374. The van der Waals surface area contributed by atoms with Gasteiger partial charge in [0, 0.05) is 55.3 Å². The van der Waals surface area contributed by atoms with Gasteiger partial charge in [0.25, 0.3) is 5.91 Å². The molecule has 3 aromatic rings. The number of piperidine rings is 1. The molecule has 198 valence electrons. The molecule has 0 bridgehead atoms. The molecule has 1 saturated heterocycles. The van der Waals surface area contributed by atoms with Crippen LogP contribution in [0.25, 0.3) is 11.3 Å². The number of nitrogens with zero attached hydrogens (tertiary/aromatic N) is 3. The number of carbonyl (C=O) groups excluding carboxylic acids is 3. The Labute approximate surface area is 220 Å². The minimum Gasteiger partial charge on any atom is -0.355 e. The van der Waals surface area contributed by atoms with Crippen molar-refractivity contribution in [2.75, 3.05) is 36.4 Å². The fourth-order valence-corrected chi connectivity index (χ4v) is 4.20. The Kier molecular flexibility index (Phi) is 8.97. The maximum Gasteiger partial charge on any atom is 0.251 e. The van der Waals surface area contributed by atoms with Crippen LogP contribution in [0.2, 0.25) is 0 Å². The number of anilines is 2. The van der Waals surface area contributed by atoms with Crippen molar-refractivity contribution in [3.05, 3.63) is 72.0 Å². The van der Waals surface area contributed by atoms with Crippen LogP contribution in [0.3, 0.4) is 0 Å². The van der Waals surface area contributed by atoms with E-state index in [1.165, 1.54) is 12.1 Å². The van der Waals surface area contributed by atoms with Gasteiger partial charge in [-0.2, -0.15) is 0 Å². The molecule has 0 aliphatic carbocycles.